The maximum absolute atomic E-state index is 12.2. The molecule has 0 aliphatic carbocycles. The Bertz CT molecular complexity index is 598. The van der Waals surface area contributed by atoms with Gasteiger partial charge < -0.3 is 4.74 Å². The van der Waals surface area contributed by atoms with Gasteiger partial charge in [0.2, 0.25) is 0 Å². The predicted molar refractivity (Wildman–Crippen MR) is 86.0 cm³/mol. The zero-order chi connectivity index (χ0) is 14.7. The minimum Gasteiger partial charge on any atom is -0.468 e. The van der Waals surface area contributed by atoms with Crippen molar-refractivity contribution in [3.05, 3.63) is 39.2 Å². The summed E-state index contributed by atoms with van der Waals surface area (Å²) in [6.45, 7) is -0.154. The third-order valence-corrected chi connectivity index (χ3v) is 4.46. The van der Waals surface area contributed by atoms with Gasteiger partial charge in [-0.25, -0.2) is 0 Å². The van der Waals surface area contributed by atoms with E-state index in [1.54, 1.807) is 6.08 Å². The lowest BCUT2D eigenvalue weighted by Gasteiger charge is -2.11. The fourth-order valence-electron chi connectivity index (χ4n) is 1.54. The first kappa shape index (κ1) is 15.2. The summed E-state index contributed by atoms with van der Waals surface area (Å²) >= 11 is 9.64. The van der Waals surface area contributed by atoms with Crippen LogP contribution in [0.15, 0.2) is 33.6 Å². The van der Waals surface area contributed by atoms with Crippen LogP contribution >= 0.6 is 39.9 Å². The quantitative estimate of drug-likeness (QED) is 0.464. The van der Waals surface area contributed by atoms with E-state index in [4.69, 9.17) is 12.2 Å². The molecule has 104 valence electrons. The number of hydrogen-bond donors (Lipinski definition) is 0. The van der Waals surface area contributed by atoms with E-state index in [2.05, 4.69) is 20.7 Å². The molecule has 0 aromatic heterocycles. The Labute approximate surface area is 134 Å². The molecule has 20 heavy (non-hydrogen) atoms. The molecular weight excluding hydrogens is 362 g/mol. The molecule has 0 atom stereocenters. The van der Waals surface area contributed by atoms with E-state index in [0.717, 1.165) is 10.0 Å². The van der Waals surface area contributed by atoms with Gasteiger partial charge in [-0.15, -0.1) is 0 Å². The van der Waals surface area contributed by atoms with Crippen molar-refractivity contribution in [1.82, 2.24) is 4.90 Å². The van der Waals surface area contributed by atoms with Crippen molar-refractivity contribution >= 4 is 62.2 Å². The monoisotopic (exact) mass is 371 g/mol. The van der Waals surface area contributed by atoms with Gasteiger partial charge in [0.1, 0.15) is 10.9 Å². The number of carbonyl (C=O) groups excluding carboxylic acids is 2. The van der Waals surface area contributed by atoms with Gasteiger partial charge in [0.15, 0.2) is 0 Å². The highest BCUT2D eigenvalue weighted by atomic mass is 79.9. The van der Waals surface area contributed by atoms with Crippen LogP contribution in [0.1, 0.15) is 5.56 Å². The van der Waals surface area contributed by atoms with Gasteiger partial charge in [0, 0.05) is 4.47 Å². The van der Waals surface area contributed by atoms with E-state index in [0.29, 0.717) is 9.23 Å². The zero-order valence-corrected chi connectivity index (χ0v) is 13.7. The van der Waals surface area contributed by atoms with Crippen molar-refractivity contribution in [3.8, 4) is 0 Å². The molecule has 4 nitrogen and oxygen atoms in total. The number of rotatable bonds is 3. The summed E-state index contributed by atoms with van der Waals surface area (Å²) in [4.78, 5) is 25.2. The van der Waals surface area contributed by atoms with Gasteiger partial charge in [-0.3, -0.25) is 14.5 Å². The van der Waals surface area contributed by atoms with Gasteiger partial charge in [-0.05, 0) is 23.8 Å². The summed E-state index contributed by atoms with van der Waals surface area (Å²) < 4.78 is 5.88. The Morgan fingerprint density at radius 2 is 2.10 bits per heavy atom. The molecule has 2 rings (SSSR count). The van der Waals surface area contributed by atoms with E-state index < -0.39 is 5.97 Å². The average Bonchev–Trinajstić information content (AvgIpc) is 2.69. The molecule has 0 unspecified atom stereocenters. The molecular formula is C13H10BrNO3S2. The lowest BCUT2D eigenvalue weighted by molar-refractivity contribution is -0.143. The van der Waals surface area contributed by atoms with E-state index in [-0.39, 0.29) is 12.5 Å². The lowest BCUT2D eigenvalue weighted by Crippen LogP contribution is -2.33. The zero-order valence-electron chi connectivity index (χ0n) is 10.5. The third-order valence-electron chi connectivity index (χ3n) is 2.56. The smallest absolute Gasteiger partial charge is 0.325 e. The first-order chi connectivity index (χ1) is 9.51. The molecule has 1 aliphatic heterocycles. The highest BCUT2D eigenvalue weighted by Gasteiger charge is 2.33. The molecule has 0 saturated carbocycles. The number of carbonyl (C=O) groups is 2. The van der Waals surface area contributed by atoms with E-state index in [1.807, 2.05) is 24.3 Å². The van der Waals surface area contributed by atoms with Crippen molar-refractivity contribution in [2.24, 2.45) is 0 Å². The van der Waals surface area contributed by atoms with Gasteiger partial charge >= 0.3 is 5.97 Å². The molecule has 1 heterocycles. The van der Waals surface area contributed by atoms with Crippen LogP contribution in [-0.4, -0.2) is 34.8 Å². The first-order valence-electron chi connectivity index (χ1n) is 5.59. The van der Waals surface area contributed by atoms with Crippen LogP contribution in [0.2, 0.25) is 0 Å². The van der Waals surface area contributed by atoms with Crippen molar-refractivity contribution in [1.29, 1.82) is 0 Å². The van der Waals surface area contributed by atoms with Crippen LogP contribution in [-0.2, 0) is 14.3 Å². The van der Waals surface area contributed by atoms with Crippen molar-refractivity contribution in [3.63, 3.8) is 0 Å². The highest BCUT2D eigenvalue weighted by Crippen LogP contribution is 2.32. The fourth-order valence-corrected chi connectivity index (χ4v) is 3.06. The molecule has 7 heteroatoms. The van der Waals surface area contributed by atoms with Crippen molar-refractivity contribution in [2.75, 3.05) is 13.7 Å². The maximum atomic E-state index is 12.2. The molecule has 1 fully saturated rings. The highest BCUT2D eigenvalue weighted by molar-refractivity contribution is 9.10. The Kier molecular flexibility index (Phi) is 4.95. The normalized spacial score (nSPS) is 16.9. The Morgan fingerprint density at radius 3 is 2.70 bits per heavy atom. The Balaban J connectivity index is 2.19. The number of nitrogens with zero attached hydrogens (tertiary/aromatic N) is 1. The van der Waals surface area contributed by atoms with Gasteiger partial charge in [-0.2, -0.15) is 0 Å². The molecule has 0 spiro atoms. The van der Waals surface area contributed by atoms with Crippen molar-refractivity contribution < 1.29 is 14.3 Å². The number of methoxy groups -OCH3 is 1. The third kappa shape index (κ3) is 3.47. The van der Waals surface area contributed by atoms with E-state index >= 15 is 0 Å². The fraction of sp³-hybridized carbons (Fsp3) is 0.154. The molecule has 0 N–H and O–H groups in total. The second-order valence-corrected chi connectivity index (χ2v) is 6.49. The molecule has 0 bridgehead atoms. The summed E-state index contributed by atoms with van der Waals surface area (Å²) in [7, 11) is 1.28. The topological polar surface area (TPSA) is 46.6 Å². The number of benzene rings is 1. The van der Waals surface area contributed by atoms with Crippen LogP contribution in [0.4, 0.5) is 0 Å². The summed E-state index contributed by atoms with van der Waals surface area (Å²) in [5.74, 6) is -0.764. The minimum absolute atomic E-state index is 0.154. The number of esters is 1. The summed E-state index contributed by atoms with van der Waals surface area (Å²) in [5, 5.41) is 0. The molecule has 1 aliphatic rings. The van der Waals surface area contributed by atoms with Crippen LogP contribution in [0.5, 0.6) is 0 Å². The molecule has 1 saturated heterocycles. The molecule has 1 aromatic carbocycles. The average molecular weight is 372 g/mol. The number of hydrogen-bond acceptors (Lipinski definition) is 5. The second-order valence-electron chi connectivity index (χ2n) is 3.90. The number of ether oxygens (including phenoxy) is 1. The van der Waals surface area contributed by atoms with Gasteiger partial charge in [-0.1, -0.05) is 52.0 Å². The predicted octanol–water partition coefficient (Wildman–Crippen LogP) is 2.82. The standard InChI is InChI=1S/C13H10BrNO3S2/c1-18-11(16)7-15-12(17)10(20-13(15)19)6-8-2-4-9(14)5-3-8/h2-6H,7H2,1H3/b10-6+. The van der Waals surface area contributed by atoms with Crippen LogP contribution in [0, 0.1) is 0 Å². The summed E-state index contributed by atoms with van der Waals surface area (Å²) in [6.07, 6.45) is 1.75. The van der Waals surface area contributed by atoms with E-state index in [1.165, 1.54) is 23.8 Å². The van der Waals surface area contributed by atoms with Crippen LogP contribution in [0.3, 0.4) is 0 Å². The van der Waals surface area contributed by atoms with Crippen LogP contribution in [0.25, 0.3) is 6.08 Å². The SMILES string of the molecule is COC(=O)CN1C(=O)/C(=C\c2ccc(Br)cc2)SC1=S. The van der Waals surface area contributed by atoms with Gasteiger partial charge in [0.25, 0.3) is 5.91 Å². The number of thioether (sulfide) groups is 1. The summed E-state index contributed by atoms with van der Waals surface area (Å²) in [6, 6.07) is 7.55. The number of thiocarbonyl (C=S) groups is 1. The first-order valence-corrected chi connectivity index (χ1v) is 7.61. The molecule has 1 amide bonds. The number of halogens is 1. The largest absolute Gasteiger partial charge is 0.468 e. The summed E-state index contributed by atoms with van der Waals surface area (Å²) in [5.41, 5.74) is 0.895. The lowest BCUT2D eigenvalue weighted by atomic mass is 10.2. The maximum Gasteiger partial charge on any atom is 0.325 e. The second kappa shape index (κ2) is 6.51. The van der Waals surface area contributed by atoms with E-state index in [9.17, 15) is 9.59 Å². The molecule has 0 radical (unpaired) electrons. The van der Waals surface area contributed by atoms with Gasteiger partial charge in [0.05, 0.1) is 12.0 Å². The Hall–Kier alpha value is -1.18. The minimum atomic E-state index is -0.494. The molecule has 1 aromatic rings. The number of amides is 1. The Morgan fingerprint density at radius 1 is 1.45 bits per heavy atom. The van der Waals surface area contributed by atoms with Crippen molar-refractivity contribution in [2.45, 2.75) is 0 Å². The van der Waals surface area contributed by atoms with Crippen LogP contribution < -0.4 is 0 Å².